The van der Waals surface area contributed by atoms with Gasteiger partial charge in [-0.25, -0.2) is 5.48 Å². The molecule has 19 heavy (non-hydrogen) atoms. The first-order valence-corrected chi connectivity index (χ1v) is 5.78. The zero-order valence-corrected chi connectivity index (χ0v) is 11.2. The van der Waals surface area contributed by atoms with Crippen LogP contribution in [-0.2, 0) is 14.4 Å². The van der Waals surface area contributed by atoms with Crippen molar-refractivity contribution in [2.75, 3.05) is 13.2 Å². The van der Waals surface area contributed by atoms with E-state index in [9.17, 15) is 22.8 Å². The number of amides is 2. The van der Waals surface area contributed by atoms with Crippen LogP contribution in [0.3, 0.4) is 0 Å². The van der Waals surface area contributed by atoms with E-state index in [-0.39, 0.29) is 18.9 Å². The molecule has 112 valence electrons. The lowest BCUT2D eigenvalue weighted by Crippen LogP contribution is -2.36. The van der Waals surface area contributed by atoms with Gasteiger partial charge in [0, 0.05) is 18.4 Å². The second kappa shape index (κ2) is 7.32. The van der Waals surface area contributed by atoms with Crippen molar-refractivity contribution in [2.24, 2.45) is 5.41 Å². The normalized spacial score (nSPS) is 12.1. The van der Waals surface area contributed by atoms with Crippen LogP contribution >= 0.6 is 0 Å². The SMILES string of the molecule is CC(C)(C)C(=O)NCCCC(=O)NOCC(F)(F)F. The Morgan fingerprint density at radius 3 is 2.21 bits per heavy atom. The Morgan fingerprint density at radius 1 is 1.16 bits per heavy atom. The van der Waals surface area contributed by atoms with Gasteiger partial charge in [0.1, 0.15) is 0 Å². The van der Waals surface area contributed by atoms with Gasteiger partial charge >= 0.3 is 6.18 Å². The van der Waals surface area contributed by atoms with Crippen molar-refractivity contribution in [3.05, 3.63) is 0 Å². The molecule has 5 nitrogen and oxygen atoms in total. The summed E-state index contributed by atoms with van der Waals surface area (Å²) in [5.74, 6) is -0.810. The van der Waals surface area contributed by atoms with Crippen molar-refractivity contribution in [3.8, 4) is 0 Å². The van der Waals surface area contributed by atoms with E-state index in [1.165, 1.54) is 0 Å². The minimum Gasteiger partial charge on any atom is -0.356 e. The fourth-order valence-electron chi connectivity index (χ4n) is 0.965. The van der Waals surface area contributed by atoms with Gasteiger partial charge in [-0.05, 0) is 6.42 Å². The summed E-state index contributed by atoms with van der Waals surface area (Å²) in [5, 5.41) is 2.62. The minimum atomic E-state index is -4.48. The Morgan fingerprint density at radius 2 is 1.74 bits per heavy atom. The second-order valence-corrected chi connectivity index (χ2v) is 5.04. The molecule has 0 rings (SSSR count). The van der Waals surface area contributed by atoms with Gasteiger partial charge in [0.05, 0.1) is 0 Å². The summed E-state index contributed by atoms with van der Waals surface area (Å²) in [4.78, 5) is 26.5. The number of hydroxylamine groups is 1. The number of carbonyl (C=O) groups is 2. The number of hydrogen-bond acceptors (Lipinski definition) is 3. The van der Waals surface area contributed by atoms with E-state index in [1.807, 2.05) is 0 Å². The summed E-state index contributed by atoms with van der Waals surface area (Å²) in [5.41, 5.74) is 1.17. The largest absolute Gasteiger partial charge is 0.414 e. The van der Waals surface area contributed by atoms with Gasteiger partial charge in [-0.15, -0.1) is 0 Å². The van der Waals surface area contributed by atoms with E-state index in [0.29, 0.717) is 6.42 Å². The van der Waals surface area contributed by atoms with Crippen molar-refractivity contribution in [3.63, 3.8) is 0 Å². The second-order valence-electron chi connectivity index (χ2n) is 5.04. The van der Waals surface area contributed by atoms with Crippen LogP contribution in [0.2, 0.25) is 0 Å². The van der Waals surface area contributed by atoms with E-state index >= 15 is 0 Å². The standard InChI is InChI=1S/C11H19F3N2O3/c1-10(2,3)9(18)15-6-4-5-8(17)16-19-7-11(12,13)14/h4-7H2,1-3H3,(H,15,18)(H,16,17). The van der Waals surface area contributed by atoms with Gasteiger partial charge in [-0.2, -0.15) is 13.2 Å². The van der Waals surface area contributed by atoms with Crippen LogP contribution in [0.25, 0.3) is 0 Å². The third-order valence-electron chi connectivity index (χ3n) is 1.97. The number of halogens is 3. The van der Waals surface area contributed by atoms with Crippen LogP contribution in [0.5, 0.6) is 0 Å². The Bertz CT molecular complexity index is 311. The van der Waals surface area contributed by atoms with Crippen molar-refractivity contribution in [2.45, 2.75) is 39.8 Å². The Labute approximate surface area is 109 Å². The smallest absolute Gasteiger partial charge is 0.356 e. The summed E-state index contributed by atoms with van der Waals surface area (Å²) in [6.45, 7) is 4.00. The van der Waals surface area contributed by atoms with Gasteiger partial charge < -0.3 is 5.32 Å². The quantitative estimate of drug-likeness (QED) is 0.574. The molecular weight excluding hydrogens is 265 g/mol. The molecule has 0 aromatic carbocycles. The highest BCUT2D eigenvalue weighted by atomic mass is 19.4. The summed E-state index contributed by atoms with van der Waals surface area (Å²) >= 11 is 0. The molecule has 0 spiro atoms. The van der Waals surface area contributed by atoms with Crippen molar-refractivity contribution >= 4 is 11.8 Å². The molecule has 0 aromatic heterocycles. The first-order valence-electron chi connectivity index (χ1n) is 5.78. The molecule has 8 heteroatoms. The van der Waals surface area contributed by atoms with Gasteiger partial charge in [0.25, 0.3) is 0 Å². The summed E-state index contributed by atoms with van der Waals surface area (Å²) < 4.78 is 35.1. The van der Waals surface area contributed by atoms with Crippen molar-refractivity contribution < 1.29 is 27.6 Å². The van der Waals surface area contributed by atoms with Gasteiger partial charge in [0.15, 0.2) is 6.61 Å². The molecule has 0 fully saturated rings. The van der Waals surface area contributed by atoms with Gasteiger partial charge in [-0.1, -0.05) is 20.8 Å². The molecule has 0 aliphatic heterocycles. The maximum Gasteiger partial charge on any atom is 0.414 e. The lowest BCUT2D eigenvalue weighted by Gasteiger charge is -2.17. The topological polar surface area (TPSA) is 67.4 Å². The lowest BCUT2D eigenvalue weighted by molar-refractivity contribution is -0.191. The highest BCUT2D eigenvalue weighted by Crippen LogP contribution is 2.13. The van der Waals surface area contributed by atoms with Gasteiger partial charge in [0.2, 0.25) is 11.8 Å². The molecule has 0 bridgehead atoms. The highest BCUT2D eigenvalue weighted by Gasteiger charge is 2.28. The average Bonchev–Trinajstić information content (AvgIpc) is 2.20. The zero-order chi connectivity index (χ0) is 15.1. The molecular formula is C11H19F3N2O3. The minimum absolute atomic E-state index is 0.0255. The molecule has 0 heterocycles. The van der Waals surface area contributed by atoms with Crippen LogP contribution in [0.15, 0.2) is 0 Å². The van der Waals surface area contributed by atoms with Crippen LogP contribution in [0.1, 0.15) is 33.6 Å². The van der Waals surface area contributed by atoms with E-state index in [1.54, 1.807) is 26.3 Å². The van der Waals surface area contributed by atoms with Crippen molar-refractivity contribution in [1.82, 2.24) is 10.8 Å². The van der Waals surface area contributed by atoms with E-state index in [4.69, 9.17) is 0 Å². The zero-order valence-electron chi connectivity index (χ0n) is 11.2. The third-order valence-corrected chi connectivity index (χ3v) is 1.97. The molecule has 0 saturated carbocycles. The molecule has 0 aliphatic carbocycles. The number of carbonyl (C=O) groups excluding carboxylic acids is 2. The number of rotatable bonds is 6. The average molecular weight is 284 g/mol. The number of alkyl halides is 3. The highest BCUT2D eigenvalue weighted by molar-refractivity contribution is 5.81. The van der Waals surface area contributed by atoms with Crippen LogP contribution < -0.4 is 10.8 Å². The van der Waals surface area contributed by atoms with E-state index in [2.05, 4.69) is 10.2 Å². The maximum absolute atomic E-state index is 11.7. The first-order chi connectivity index (χ1) is 8.52. The van der Waals surface area contributed by atoms with Gasteiger partial charge in [-0.3, -0.25) is 14.4 Å². The lowest BCUT2D eigenvalue weighted by atomic mass is 9.96. The summed E-state index contributed by atoms with van der Waals surface area (Å²) in [7, 11) is 0. The molecule has 0 saturated heterocycles. The van der Waals surface area contributed by atoms with Crippen LogP contribution in [0, 0.1) is 5.41 Å². The monoisotopic (exact) mass is 284 g/mol. The molecule has 0 radical (unpaired) electrons. The Balaban J connectivity index is 3.63. The summed E-state index contributed by atoms with van der Waals surface area (Å²) in [6.07, 6.45) is -4.18. The maximum atomic E-state index is 11.7. The molecule has 0 aliphatic rings. The predicted octanol–water partition coefficient (Wildman–Crippen LogP) is 1.54. The summed E-state index contributed by atoms with van der Waals surface area (Å²) in [6, 6.07) is 0. The molecule has 0 unspecified atom stereocenters. The number of nitrogens with one attached hydrogen (secondary N) is 2. The Kier molecular flexibility index (Phi) is 6.82. The molecule has 2 N–H and O–H groups in total. The van der Waals surface area contributed by atoms with Crippen LogP contribution in [0.4, 0.5) is 13.2 Å². The number of hydrogen-bond donors (Lipinski definition) is 2. The van der Waals surface area contributed by atoms with E-state index < -0.39 is 24.1 Å². The fourth-order valence-corrected chi connectivity index (χ4v) is 0.965. The Hall–Kier alpha value is -1.31. The third kappa shape index (κ3) is 10.3. The predicted molar refractivity (Wildman–Crippen MR) is 61.8 cm³/mol. The van der Waals surface area contributed by atoms with E-state index in [0.717, 1.165) is 0 Å². The van der Waals surface area contributed by atoms with Crippen LogP contribution in [-0.4, -0.2) is 31.1 Å². The molecule has 0 atom stereocenters. The first kappa shape index (κ1) is 17.7. The fraction of sp³-hybridized carbons (Fsp3) is 0.818. The molecule has 2 amide bonds. The van der Waals surface area contributed by atoms with Crippen molar-refractivity contribution in [1.29, 1.82) is 0 Å². The molecule has 0 aromatic rings.